The second-order valence-corrected chi connectivity index (χ2v) is 6.77. The quantitative estimate of drug-likeness (QED) is 0.852. The molecular formula is C16H29NO2. The molecule has 5 atom stereocenters. The van der Waals surface area contributed by atoms with E-state index in [9.17, 15) is 5.11 Å². The third-order valence-electron chi connectivity index (χ3n) is 5.73. The molecule has 0 bridgehead atoms. The Balaban J connectivity index is 1.61. The Morgan fingerprint density at radius 2 is 2.05 bits per heavy atom. The summed E-state index contributed by atoms with van der Waals surface area (Å²) in [6.07, 6.45) is 8.75. The van der Waals surface area contributed by atoms with Crippen LogP contribution in [-0.4, -0.2) is 48.0 Å². The van der Waals surface area contributed by atoms with E-state index in [4.69, 9.17) is 4.74 Å². The molecule has 2 aliphatic heterocycles. The van der Waals surface area contributed by atoms with Crippen molar-refractivity contribution in [1.29, 1.82) is 0 Å². The fourth-order valence-corrected chi connectivity index (χ4v) is 4.52. The van der Waals surface area contributed by atoms with E-state index in [0.717, 1.165) is 13.2 Å². The van der Waals surface area contributed by atoms with Gasteiger partial charge in [0.05, 0.1) is 18.8 Å². The summed E-state index contributed by atoms with van der Waals surface area (Å²) in [5.41, 5.74) is 0. The first-order chi connectivity index (χ1) is 9.29. The summed E-state index contributed by atoms with van der Waals surface area (Å²) >= 11 is 0. The number of nitrogens with zero attached hydrogens (tertiary/aromatic N) is 1. The summed E-state index contributed by atoms with van der Waals surface area (Å²) in [6, 6.07) is 0.636. The molecule has 0 spiro atoms. The van der Waals surface area contributed by atoms with Crippen molar-refractivity contribution in [2.75, 3.05) is 19.7 Å². The molecule has 1 saturated carbocycles. The van der Waals surface area contributed by atoms with Crippen LogP contribution in [0, 0.1) is 11.8 Å². The second-order valence-electron chi connectivity index (χ2n) is 6.77. The number of morpholine rings is 1. The van der Waals surface area contributed by atoms with Crippen molar-refractivity contribution < 1.29 is 9.84 Å². The standard InChI is InChI=1S/C16H29NO2/c1-2-12-6-3-4-8-14(12)16(18)15-10-17-9-5-7-13(17)11-19-15/h12-16,18H,2-11H2,1H3. The largest absolute Gasteiger partial charge is 0.390 e. The second kappa shape index (κ2) is 6.11. The topological polar surface area (TPSA) is 32.7 Å². The van der Waals surface area contributed by atoms with Crippen molar-refractivity contribution in [2.24, 2.45) is 11.8 Å². The van der Waals surface area contributed by atoms with E-state index < -0.39 is 0 Å². The molecule has 110 valence electrons. The minimum absolute atomic E-state index is 0.0616. The molecule has 19 heavy (non-hydrogen) atoms. The normalized spacial score (nSPS) is 42.0. The SMILES string of the molecule is CCC1CCCCC1C(O)C1CN2CCCC2CO1. The third-order valence-corrected chi connectivity index (χ3v) is 5.73. The predicted octanol–water partition coefficient (Wildman–Crippen LogP) is 2.43. The van der Waals surface area contributed by atoms with Crippen molar-refractivity contribution in [1.82, 2.24) is 4.90 Å². The fraction of sp³-hybridized carbons (Fsp3) is 1.00. The number of hydrogen-bond acceptors (Lipinski definition) is 3. The maximum absolute atomic E-state index is 10.8. The molecular weight excluding hydrogens is 238 g/mol. The predicted molar refractivity (Wildman–Crippen MR) is 76.1 cm³/mol. The van der Waals surface area contributed by atoms with Gasteiger partial charge < -0.3 is 9.84 Å². The molecule has 3 heteroatoms. The van der Waals surface area contributed by atoms with Gasteiger partial charge in [0.25, 0.3) is 0 Å². The number of aliphatic hydroxyl groups excluding tert-OH is 1. The Bertz CT molecular complexity index is 296. The van der Waals surface area contributed by atoms with Crippen LogP contribution < -0.4 is 0 Å². The lowest BCUT2D eigenvalue weighted by molar-refractivity contribution is -0.128. The molecule has 0 aromatic rings. The highest BCUT2D eigenvalue weighted by Crippen LogP contribution is 2.37. The molecule has 1 aliphatic carbocycles. The van der Waals surface area contributed by atoms with Crippen molar-refractivity contribution in [3.05, 3.63) is 0 Å². The van der Waals surface area contributed by atoms with Gasteiger partial charge in [-0.2, -0.15) is 0 Å². The molecule has 1 N–H and O–H groups in total. The van der Waals surface area contributed by atoms with Crippen LogP contribution in [0.1, 0.15) is 51.9 Å². The first-order valence-electron chi connectivity index (χ1n) is 8.33. The van der Waals surface area contributed by atoms with Gasteiger partial charge in [0, 0.05) is 12.6 Å². The Morgan fingerprint density at radius 1 is 1.21 bits per heavy atom. The molecule has 0 amide bonds. The van der Waals surface area contributed by atoms with Crippen LogP contribution >= 0.6 is 0 Å². The first kappa shape index (κ1) is 13.8. The van der Waals surface area contributed by atoms with Crippen LogP contribution in [0.25, 0.3) is 0 Å². The molecule has 3 fully saturated rings. The molecule has 0 aromatic heterocycles. The average molecular weight is 267 g/mol. The lowest BCUT2D eigenvalue weighted by Crippen LogP contribution is -2.53. The van der Waals surface area contributed by atoms with Gasteiger partial charge in [-0.25, -0.2) is 0 Å². The van der Waals surface area contributed by atoms with Gasteiger partial charge in [-0.15, -0.1) is 0 Å². The molecule has 2 saturated heterocycles. The zero-order valence-electron chi connectivity index (χ0n) is 12.3. The monoisotopic (exact) mass is 267 g/mol. The van der Waals surface area contributed by atoms with Crippen LogP contribution in [0.4, 0.5) is 0 Å². The summed E-state index contributed by atoms with van der Waals surface area (Å²) < 4.78 is 6.01. The summed E-state index contributed by atoms with van der Waals surface area (Å²) in [6.45, 7) is 5.27. The van der Waals surface area contributed by atoms with Gasteiger partial charge >= 0.3 is 0 Å². The highest BCUT2D eigenvalue weighted by molar-refractivity contribution is 4.91. The van der Waals surface area contributed by atoms with Gasteiger partial charge in [-0.3, -0.25) is 4.90 Å². The van der Waals surface area contributed by atoms with Gasteiger partial charge in [-0.1, -0.05) is 32.6 Å². The summed E-state index contributed by atoms with van der Waals surface area (Å²) in [5.74, 6) is 1.19. The van der Waals surface area contributed by atoms with Crippen LogP contribution in [0.2, 0.25) is 0 Å². The Kier molecular flexibility index (Phi) is 4.45. The van der Waals surface area contributed by atoms with E-state index in [1.165, 1.54) is 51.5 Å². The lowest BCUT2D eigenvalue weighted by atomic mass is 9.73. The molecule has 3 rings (SSSR count). The Hall–Kier alpha value is -0.120. The third kappa shape index (κ3) is 2.84. The summed E-state index contributed by atoms with van der Waals surface area (Å²) in [4.78, 5) is 2.54. The maximum atomic E-state index is 10.8. The molecule has 0 aromatic carbocycles. The zero-order valence-corrected chi connectivity index (χ0v) is 12.3. The van der Waals surface area contributed by atoms with E-state index in [2.05, 4.69) is 11.8 Å². The number of rotatable bonds is 3. The summed E-state index contributed by atoms with van der Waals surface area (Å²) in [7, 11) is 0. The van der Waals surface area contributed by atoms with Gasteiger partial charge in [0.1, 0.15) is 0 Å². The van der Waals surface area contributed by atoms with Crippen molar-refractivity contribution in [3.63, 3.8) is 0 Å². The maximum Gasteiger partial charge on any atom is 0.0964 e. The highest BCUT2D eigenvalue weighted by Gasteiger charge is 2.40. The Morgan fingerprint density at radius 3 is 2.89 bits per heavy atom. The molecule has 0 radical (unpaired) electrons. The smallest absolute Gasteiger partial charge is 0.0964 e. The average Bonchev–Trinajstić information content (AvgIpc) is 2.93. The van der Waals surface area contributed by atoms with Crippen LogP contribution in [-0.2, 0) is 4.74 Å². The van der Waals surface area contributed by atoms with Crippen molar-refractivity contribution in [3.8, 4) is 0 Å². The van der Waals surface area contributed by atoms with E-state index >= 15 is 0 Å². The number of fused-ring (bicyclic) bond motifs is 1. The van der Waals surface area contributed by atoms with Gasteiger partial charge in [0.15, 0.2) is 0 Å². The molecule has 5 unspecified atom stereocenters. The lowest BCUT2D eigenvalue weighted by Gasteiger charge is -2.42. The minimum atomic E-state index is -0.244. The van der Waals surface area contributed by atoms with E-state index in [1.807, 2.05) is 0 Å². The van der Waals surface area contributed by atoms with Crippen molar-refractivity contribution in [2.45, 2.75) is 70.1 Å². The van der Waals surface area contributed by atoms with Crippen LogP contribution in [0.15, 0.2) is 0 Å². The van der Waals surface area contributed by atoms with Gasteiger partial charge in [-0.05, 0) is 37.6 Å². The van der Waals surface area contributed by atoms with Crippen molar-refractivity contribution >= 4 is 0 Å². The first-order valence-corrected chi connectivity index (χ1v) is 8.33. The number of aliphatic hydroxyl groups is 1. The molecule has 2 heterocycles. The zero-order chi connectivity index (χ0) is 13.2. The summed E-state index contributed by atoms with van der Waals surface area (Å²) in [5, 5.41) is 10.8. The number of ether oxygens (including phenoxy) is 1. The van der Waals surface area contributed by atoms with Gasteiger partial charge in [0.2, 0.25) is 0 Å². The van der Waals surface area contributed by atoms with E-state index in [0.29, 0.717) is 17.9 Å². The number of hydrogen-bond donors (Lipinski definition) is 1. The molecule has 3 nitrogen and oxygen atoms in total. The molecule has 3 aliphatic rings. The fourth-order valence-electron chi connectivity index (χ4n) is 4.52. The Labute approximate surface area is 117 Å². The highest BCUT2D eigenvalue weighted by atomic mass is 16.5. The van der Waals surface area contributed by atoms with E-state index in [-0.39, 0.29) is 12.2 Å². The van der Waals surface area contributed by atoms with Crippen LogP contribution in [0.5, 0.6) is 0 Å². The minimum Gasteiger partial charge on any atom is -0.390 e. The van der Waals surface area contributed by atoms with Crippen LogP contribution in [0.3, 0.4) is 0 Å². The van der Waals surface area contributed by atoms with E-state index in [1.54, 1.807) is 0 Å².